The average Bonchev–Trinajstić information content (AvgIpc) is 2.75. The van der Waals surface area contributed by atoms with Gasteiger partial charge in [-0.05, 0) is 65.2 Å². The summed E-state index contributed by atoms with van der Waals surface area (Å²) in [7, 11) is 0. The first-order valence-corrected chi connectivity index (χ1v) is 11.9. The van der Waals surface area contributed by atoms with Crippen molar-refractivity contribution >= 4 is 11.6 Å². The zero-order valence-corrected chi connectivity index (χ0v) is 20.1. The molecule has 1 aliphatic heterocycles. The third-order valence-corrected chi connectivity index (χ3v) is 5.67. The molecule has 0 bridgehead atoms. The molecular formula is C24H42FN5O. The van der Waals surface area contributed by atoms with Gasteiger partial charge in [-0.1, -0.05) is 6.07 Å². The lowest BCUT2D eigenvalue weighted by molar-refractivity contribution is 0.0532. The zero-order chi connectivity index (χ0) is 22.6. The van der Waals surface area contributed by atoms with Crippen LogP contribution in [0.3, 0.4) is 0 Å². The Labute approximate surface area is 188 Å². The van der Waals surface area contributed by atoms with E-state index in [-0.39, 0.29) is 5.82 Å². The van der Waals surface area contributed by atoms with E-state index in [2.05, 4.69) is 36.3 Å². The highest BCUT2D eigenvalue weighted by atomic mass is 19.1. The van der Waals surface area contributed by atoms with Crippen LogP contribution in [-0.4, -0.2) is 68.9 Å². The summed E-state index contributed by atoms with van der Waals surface area (Å²) in [6, 6.07) is 5.86. The number of nitrogens with zero attached hydrogens (tertiary/aromatic N) is 3. The lowest BCUT2D eigenvalue weighted by Gasteiger charge is -2.33. The molecule has 0 saturated carbocycles. The second-order valence-corrected chi connectivity index (χ2v) is 8.33. The van der Waals surface area contributed by atoms with Crippen molar-refractivity contribution in [2.75, 3.05) is 50.8 Å². The van der Waals surface area contributed by atoms with Gasteiger partial charge >= 0.3 is 0 Å². The average molecular weight is 436 g/mol. The molecule has 176 valence electrons. The van der Waals surface area contributed by atoms with Crippen LogP contribution >= 0.6 is 0 Å². The second-order valence-electron chi connectivity index (χ2n) is 8.33. The minimum absolute atomic E-state index is 0.178. The minimum atomic E-state index is -0.178. The van der Waals surface area contributed by atoms with E-state index >= 15 is 0 Å². The molecule has 7 heteroatoms. The highest BCUT2D eigenvalue weighted by Crippen LogP contribution is 2.20. The summed E-state index contributed by atoms with van der Waals surface area (Å²) in [6.45, 7) is 17.1. The molecule has 0 aliphatic carbocycles. The van der Waals surface area contributed by atoms with E-state index in [1.807, 2.05) is 30.9 Å². The first-order chi connectivity index (χ1) is 15.0. The second kappa shape index (κ2) is 13.5. The Morgan fingerprint density at radius 1 is 1.23 bits per heavy atom. The summed E-state index contributed by atoms with van der Waals surface area (Å²) in [6.07, 6.45) is 2.46. The fourth-order valence-corrected chi connectivity index (χ4v) is 3.87. The summed E-state index contributed by atoms with van der Waals surface area (Å²) in [5, 5.41) is 6.89. The summed E-state index contributed by atoms with van der Waals surface area (Å²) in [4.78, 5) is 9.19. The van der Waals surface area contributed by atoms with Crippen molar-refractivity contribution in [2.24, 2.45) is 4.99 Å². The van der Waals surface area contributed by atoms with Crippen LogP contribution < -0.4 is 15.5 Å². The molecule has 1 fully saturated rings. The monoisotopic (exact) mass is 435 g/mol. The Bertz CT molecular complexity index is 670. The van der Waals surface area contributed by atoms with Crippen LogP contribution in [0.15, 0.2) is 23.2 Å². The minimum Gasteiger partial charge on any atom is -0.377 e. The van der Waals surface area contributed by atoms with E-state index in [1.54, 1.807) is 6.07 Å². The van der Waals surface area contributed by atoms with Crippen molar-refractivity contribution in [3.8, 4) is 0 Å². The van der Waals surface area contributed by atoms with Crippen LogP contribution in [0.2, 0.25) is 0 Å². The predicted molar refractivity (Wildman–Crippen MR) is 128 cm³/mol. The van der Waals surface area contributed by atoms with Crippen LogP contribution in [0, 0.1) is 5.82 Å². The Balaban J connectivity index is 1.87. The molecule has 0 unspecified atom stereocenters. The number of hydrogen-bond acceptors (Lipinski definition) is 4. The maximum atomic E-state index is 14.6. The van der Waals surface area contributed by atoms with Gasteiger partial charge in [0.2, 0.25) is 0 Å². The number of hydrogen-bond donors (Lipinski definition) is 2. The summed E-state index contributed by atoms with van der Waals surface area (Å²) in [5.74, 6) is 0.625. The quantitative estimate of drug-likeness (QED) is 0.411. The number of rotatable bonds is 11. The van der Waals surface area contributed by atoms with Crippen LogP contribution in [0.25, 0.3) is 0 Å². The summed E-state index contributed by atoms with van der Waals surface area (Å²) in [5.41, 5.74) is 1.54. The van der Waals surface area contributed by atoms with Crippen molar-refractivity contribution in [1.82, 2.24) is 15.5 Å². The van der Waals surface area contributed by atoms with E-state index in [9.17, 15) is 4.39 Å². The van der Waals surface area contributed by atoms with Gasteiger partial charge < -0.3 is 25.2 Å². The number of anilines is 1. The fourth-order valence-electron chi connectivity index (χ4n) is 3.87. The molecule has 1 aromatic carbocycles. The van der Waals surface area contributed by atoms with E-state index < -0.39 is 0 Å². The SMILES string of the molecule is CCNC(=NCc1ccc(N(CC)CC)c(F)c1)NC1CCN(CCOC(C)C)CC1. The normalized spacial score (nSPS) is 16.0. The first-order valence-electron chi connectivity index (χ1n) is 11.9. The van der Waals surface area contributed by atoms with Gasteiger partial charge in [0.15, 0.2) is 5.96 Å². The number of likely N-dealkylation sites (tertiary alicyclic amines) is 1. The standard InChI is InChI=1S/C24H42FN5O/c1-6-26-24(28-21-11-13-29(14-12-21)15-16-31-19(4)5)27-18-20-9-10-23(22(25)17-20)30(7-2)8-3/h9-10,17,19,21H,6-8,11-16,18H2,1-5H3,(H2,26,27,28). The molecule has 31 heavy (non-hydrogen) atoms. The topological polar surface area (TPSA) is 52.1 Å². The van der Waals surface area contributed by atoms with E-state index in [0.717, 1.165) is 70.2 Å². The van der Waals surface area contributed by atoms with Crippen LogP contribution in [-0.2, 0) is 11.3 Å². The van der Waals surface area contributed by atoms with Crippen LogP contribution in [0.4, 0.5) is 10.1 Å². The largest absolute Gasteiger partial charge is 0.377 e. The highest BCUT2D eigenvalue weighted by Gasteiger charge is 2.20. The molecule has 2 N–H and O–H groups in total. The van der Waals surface area contributed by atoms with Crippen LogP contribution in [0.5, 0.6) is 0 Å². The number of nitrogens with one attached hydrogen (secondary N) is 2. The van der Waals surface area contributed by atoms with Gasteiger partial charge in [-0.15, -0.1) is 0 Å². The lowest BCUT2D eigenvalue weighted by atomic mass is 10.1. The molecule has 0 amide bonds. The van der Waals surface area contributed by atoms with E-state index in [1.165, 1.54) is 0 Å². The number of benzene rings is 1. The number of aliphatic imine (C=N–C) groups is 1. The van der Waals surface area contributed by atoms with Crippen molar-refractivity contribution < 1.29 is 9.13 Å². The predicted octanol–water partition coefficient (Wildman–Crippen LogP) is 3.62. The fraction of sp³-hybridized carbons (Fsp3) is 0.708. The molecule has 1 heterocycles. The van der Waals surface area contributed by atoms with Gasteiger partial charge in [0.1, 0.15) is 5.82 Å². The van der Waals surface area contributed by atoms with Crippen molar-refractivity contribution in [1.29, 1.82) is 0 Å². The van der Waals surface area contributed by atoms with Crippen LogP contribution in [0.1, 0.15) is 53.0 Å². The number of guanidine groups is 1. The molecule has 0 radical (unpaired) electrons. The third-order valence-electron chi connectivity index (χ3n) is 5.67. The Morgan fingerprint density at radius 3 is 2.52 bits per heavy atom. The molecule has 0 spiro atoms. The van der Waals surface area contributed by atoms with Gasteiger partial charge in [0.05, 0.1) is 24.9 Å². The number of piperidine rings is 1. The molecule has 6 nitrogen and oxygen atoms in total. The molecular weight excluding hydrogens is 393 g/mol. The Hall–Kier alpha value is -1.86. The highest BCUT2D eigenvalue weighted by molar-refractivity contribution is 5.80. The molecule has 0 atom stereocenters. The maximum Gasteiger partial charge on any atom is 0.191 e. The van der Waals surface area contributed by atoms with E-state index in [4.69, 9.17) is 9.73 Å². The summed E-state index contributed by atoms with van der Waals surface area (Å²) < 4.78 is 20.2. The van der Waals surface area contributed by atoms with E-state index in [0.29, 0.717) is 24.4 Å². The summed E-state index contributed by atoms with van der Waals surface area (Å²) >= 11 is 0. The smallest absolute Gasteiger partial charge is 0.191 e. The maximum absolute atomic E-state index is 14.6. The molecule has 1 saturated heterocycles. The zero-order valence-electron chi connectivity index (χ0n) is 20.1. The number of ether oxygens (including phenoxy) is 1. The van der Waals surface area contributed by atoms with Gasteiger partial charge in [-0.3, -0.25) is 0 Å². The Morgan fingerprint density at radius 2 is 1.94 bits per heavy atom. The molecule has 1 aromatic rings. The van der Waals surface area contributed by atoms with Gasteiger partial charge in [0.25, 0.3) is 0 Å². The molecule has 0 aromatic heterocycles. The third kappa shape index (κ3) is 8.65. The van der Waals surface area contributed by atoms with Crippen molar-refractivity contribution in [2.45, 2.75) is 66.2 Å². The molecule has 2 rings (SSSR count). The van der Waals surface area contributed by atoms with Gasteiger partial charge in [0, 0.05) is 45.3 Å². The van der Waals surface area contributed by atoms with Crippen molar-refractivity contribution in [3.05, 3.63) is 29.6 Å². The van der Waals surface area contributed by atoms with Gasteiger partial charge in [-0.2, -0.15) is 0 Å². The number of halogens is 1. The first kappa shape index (κ1) is 25.4. The lowest BCUT2D eigenvalue weighted by Crippen LogP contribution is -2.49. The van der Waals surface area contributed by atoms with Gasteiger partial charge in [-0.25, -0.2) is 9.38 Å². The molecule has 1 aliphatic rings. The Kier molecular flexibility index (Phi) is 11.1. The van der Waals surface area contributed by atoms with Crippen molar-refractivity contribution in [3.63, 3.8) is 0 Å².